The molecule has 0 heterocycles. The maximum absolute atomic E-state index is 13.6. The van der Waals surface area contributed by atoms with Gasteiger partial charge in [0.25, 0.3) is 15.9 Å². The SMILES string of the molecule is Cc1ccc(S(=O)(=O)N(Cc2ccc(Cl)cc2)c2ccc(OCC(=O)NCCC3=CCCCC3)cc2)cc1. The second-order valence-corrected chi connectivity index (χ2v) is 11.7. The van der Waals surface area contributed by atoms with Crippen molar-refractivity contribution in [1.29, 1.82) is 0 Å². The van der Waals surface area contributed by atoms with E-state index in [1.807, 2.05) is 6.92 Å². The highest BCUT2D eigenvalue weighted by Gasteiger charge is 2.25. The molecule has 3 aromatic rings. The van der Waals surface area contributed by atoms with E-state index in [1.54, 1.807) is 72.8 Å². The highest BCUT2D eigenvalue weighted by atomic mass is 35.5. The number of benzene rings is 3. The third-order valence-electron chi connectivity index (χ3n) is 6.50. The van der Waals surface area contributed by atoms with E-state index >= 15 is 0 Å². The first-order chi connectivity index (χ1) is 18.3. The zero-order valence-electron chi connectivity index (χ0n) is 21.5. The van der Waals surface area contributed by atoms with E-state index in [2.05, 4.69) is 11.4 Å². The van der Waals surface area contributed by atoms with Crippen LogP contribution in [0.25, 0.3) is 0 Å². The summed E-state index contributed by atoms with van der Waals surface area (Å²) in [5, 5.41) is 3.48. The Labute approximate surface area is 230 Å². The average Bonchev–Trinajstić information content (AvgIpc) is 2.93. The number of nitrogens with zero attached hydrogens (tertiary/aromatic N) is 1. The maximum atomic E-state index is 13.6. The van der Waals surface area contributed by atoms with Gasteiger partial charge in [-0.15, -0.1) is 0 Å². The van der Waals surface area contributed by atoms with Gasteiger partial charge in [0.15, 0.2) is 6.61 Å². The fraction of sp³-hybridized carbons (Fsp3) is 0.300. The Morgan fingerprint density at radius 3 is 2.34 bits per heavy atom. The number of nitrogens with one attached hydrogen (secondary N) is 1. The molecule has 200 valence electrons. The Balaban J connectivity index is 1.43. The van der Waals surface area contributed by atoms with E-state index in [-0.39, 0.29) is 24.0 Å². The Hall–Kier alpha value is -3.29. The van der Waals surface area contributed by atoms with E-state index in [1.165, 1.54) is 22.7 Å². The summed E-state index contributed by atoms with van der Waals surface area (Å²) in [5.41, 5.74) is 3.67. The largest absolute Gasteiger partial charge is 0.484 e. The molecule has 1 aliphatic carbocycles. The number of amides is 1. The third kappa shape index (κ3) is 7.62. The predicted molar refractivity (Wildman–Crippen MR) is 152 cm³/mol. The predicted octanol–water partition coefficient (Wildman–Crippen LogP) is 6.43. The number of ether oxygens (including phenoxy) is 1. The first-order valence-electron chi connectivity index (χ1n) is 12.8. The van der Waals surface area contributed by atoms with Crippen LogP contribution in [0.3, 0.4) is 0 Å². The quantitative estimate of drug-likeness (QED) is 0.278. The second kappa shape index (κ2) is 13.0. The highest BCUT2D eigenvalue weighted by molar-refractivity contribution is 7.92. The van der Waals surface area contributed by atoms with Gasteiger partial charge < -0.3 is 10.1 Å². The maximum Gasteiger partial charge on any atom is 0.264 e. The summed E-state index contributed by atoms with van der Waals surface area (Å²) < 4.78 is 34.3. The van der Waals surface area contributed by atoms with E-state index in [0.29, 0.717) is 23.0 Å². The highest BCUT2D eigenvalue weighted by Crippen LogP contribution is 2.28. The number of allylic oxidation sites excluding steroid dienone is 1. The molecule has 0 saturated carbocycles. The van der Waals surface area contributed by atoms with Crippen molar-refractivity contribution in [1.82, 2.24) is 5.32 Å². The standard InChI is InChI=1S/C30H33ClN2O4S/c1-23-7-17-29(18-8-23)38(35,36)33(21-25-9-11-26(31)12-10-25)27-13-15-28(16-14-27)37-22-30(34)32-20-19-24-5-3-2-4-6-24/h5,7-18H,2-4,6,19-22H2,1H3,(H,32,34). The Morgan fingerprint density at radius 1 is 0.974 bits per heavy atom. The minimum absolute atomic E-state index is 0.103. The molecule has 0 saturated heterocycles. The lowest BCUT2D eigenvalue weighted by Gasteiger charge is -2.25. The molecule has 4 rings (SSSR count). The lowest BCUT2D eigenvalue weighted by molar-refractivity contribution is -0.123. The summed E-state index contributed by atoms with van der Waals surface area (Å²) in [5.74, 6) is 0.301. The van der Waals surface area contributed by atoms with Gasteiger partial charge in [-0.05, 0) is 93.1 Å². The number of halogens is 1. The molecule has 0 bridgehead atoms. The molecule has 0 aromatic heterocycles. The number of carbonyl (C=O) groups excluding carboxylic acids is 1. The van der Waals surface area contributed by atoms with Gasteiger partial charge >= 0.3 is 0 Å². The molecule has 8 heteroatoms. The summed E-state index contributed by atoms with van der Waals surface area (Å²) >= 11 is 6.02. The van der Waals surface area contributed by atoms with Crippen LogP contribution >= 0.6 is 11.6 Å². The number of sulfonamides is 1. The van der Waals surface area contributed by atoms with Crippen LogP contribution in [-0.2, 0) is 21.4 Å². The zero-order valence-corrected chi connectivity index (χ0v) is 23.1. The van der Waals surface area contributed by atoms with Crippen molar-refractivity contribution in [3.05, 3.63) is 101 Å². The van der Waals surface area contributed by atoms with Gasteiger partial charge in [0.1, 0.15) is 5.75 Å². The molecule has 1 amide bonds. The molecule has 0 fully saturated rings. The number of aryl methyl sites for hydroxylation is 1. The summed E-state index contributed by atoms with van der Waals surface area (Å²) in [6.45, 7) is 2.54. The van der Waals surface area contributed by atoms with E-state index in [0.717, 1.165) is 30.4 Å². The van der Waals surface area contributed by atoms with Crippen LogP contribution in [0.4, 0.5) is 5.69 Å². The van der Waals surface area contributed by atoms with Crippen molar-refractivity contribution >= 4 is 33.2 Å². The van der Waals surface area contributed by atoms with Crippen LogP contribution in [0.2, 0.25) is 5.02 Å². The molecule has 0 atom stereocenters. The zero-order chi connectivity index (χ0) is 27.0. The number of hydrogen-bond donors (Lipinski definition) is 1. The van der Waals surface area contributed by atoms with Crippen LogP contribution in [0.1, 0.15) is 43.2 Å². The fourth-order valence-electron chi connectivity index (χ4n) is 4.31. The smallest absolute Gasteiger partial charge is 0.264 e. The van der Waals surface area contributed by atoms with Crippen molar-refractivity contribution in [2.24, 2.45) is 0 Å². The molecule has 0 spiro atoms. The summed E-state index contributed by atoms with van der Waals surface area (Å²) in [6.07, 6.45) is 7.88. The van der Waals surface area contributed by atoms with Crippen molar-refractivity contribution in [2.45, 2.75) is 50.5 Å². The van der Waals surface area contributed by atoms with E-state index in [9.17, 15) is 13.2 Å². The topological polar surface area (TPSA) is 75.7 Å². The van der Waals surface area contributed by atoms with Crippen molar-refractivity contribution < 1.29 is 17.9 Å². The van der Waals surface area contributed by atoms with Crippen LogP contribution in [0.15, 0.2) is 89.3 Å². The lowest BCUT2D eigenvalue weighted by atomic mass is 9.97. The molecule has 1 N–H and O–H groups in total. The molecular formula is C30H33ClN2O4S. The third-order valence-corrected chi connectivity index (χ3v) is 8.54. The van der Waals surface area contributed by atoms with Crippen LogP contribution < -0.4 is 14.4 Å². The Kier molecular flexibility index (Phi) is 9.48. The number of carbonyl (C=O) groups is 1. The number of rotatable bonds is 11. The molecule has 0 aliphatic heterocycles. The minimum atomic E-state index is -3.85. The molecular weight excluding hydrogens is 520 g/mol. The van der Waals surface area contributed by atoms with Crippen molar-refractivity contribution in [3.8, 4) is 5.75 Å². The van der Waals surface area contributed by atoms with Gasteiger partial charge in [0.05, 0.1) is 17.1 Å². The average molecular weight is 553 g/mol. The molecule has 38 heavy (non-hydrogen) atoms. The molecule has 0 radical (unpaired) electrons. The molecule has 1 aliphatic rings. The van der Waals surface area contributed by atoms with Crippen LogP contribution in [0.5, 0.6) is 5.75 Å². The fourth-order valence-corrected chi connectivity index (χ4v) is 5.89. The summed E-state index contributed by atoms with van der Waals surface area (Å²) in [7, 11) is -3.85. The summed E-state index contributed by atoms with van der Waals surface area (Å²) in [6, 6.07) is 20.6. The van der Waals surface area contributed by atoms with Crippen LogP contribution in [0, 0.1) is 6.92 Å². The Morgan fingerprint density at radius 2 is 1.68 bits per heavy atom. The van der Waals surface area contributed by atoms with Crippen molar-refractivity contribution in [3.63, 3.8) is 0 Å². The monoisotopic (exact) mass is 552 g/mol. The van der Waals surface area contributed by atoms with Gasteiger partial charge in [0.2, 0.25) is 0 Å². The summed E-state index contributed by atoms with van der Waals surface area (Å²) in [4.78, 5) is 12.4. The molecule has 0 unspecified atom stereocenters. The molecule has 6 nitrogen and oxygen atoms in total. The van der Waals surface area contributed by atoms with Gasteiger partial charge in [-0.1, -0.05) is 53.1 Å². The molecule has 3 aromatic carbocycles. The first-order valence-corrected chi connectivity index (χ1v) is 14.6. The van der Waals surface area contributed by atoms with Gasteiger partial charge in [-0.25, -0.2) is 8.42 Å². The van der Waals surface area contributed by atoms with E-state index in [4.69, 9.17) is 16.3 Å². The van der Waals surface area contributed by atoms with Gasteiger partial charge in [0, 0.05) is 11.6 Å². The Bertz CT molecular complexity index is 1350. The van der Waals surface area contributed by atoms with Crippen molar-refractivity contribution in [2.75, 3.05) is 17.5 Å². The normalized spacial score (nSPS) is 13.5. The number of anilines is 1. The second-order valence-electron chi connectivity index (χ2n) is 9.44. The van der Waals surface area contributed by atoms with E-state index < -0.39 is 10.0 Å². The minimum Gasteiger partial charge on any atom is -0.484 e. The van der Waals surface area contributed by atoms with Crippen LogP contribution in [-0.4, -0.2) is 27.5 Å². The lowest BCUT2D eigenvalue weighted by Crippen LogP contribution is -2.31. The van der Waals surface area contributed by atoms with Gasteiger partial charge in [-0.2, -0.15) is 0 Å². The first kappa shape index (κ1) is 27.7. The number of hydrogen-bond acceptors (Lipinski definition) is 4. The van der Waals surface area contributed by atoms with Gasteiger partial charge in [-0.3, -0.25) is 9.10 Å².